The van der Waals surface area contributed by atoms with Crippen molar-refractivity contribution in [1.29, 1.82) is 0 Å². The van der Waals surface area contributed by atoms with Crippen LogP contribution >= 0.6 is 0 Å². The number of halogens is 3. The van der Waals surface area contributed by atoms with Gasteiger partial charge in [-0.25, -0.2) is 4.98 Å². The highest BCUT2D eigenvalue weighted by Crippen LogP contribution is 2.39. The minimum Gasteiger partial charge on any atom is -0.477 e. The summed E-state index contributed by atoms with van der Waals surface area (Å²) in [7, 11) is 0. The molecule has 0 radical (unpaired) electrons. The molecule has 4 rings (SSSR count). The van der Waals surface area contributed by atoms with Crippen molar-refractivity contribution in [3.05, 3.63) is 52.5 Å². The standard InChI is InChI=1S/C20H22F3N3O/c21-20(22,23)15-3-1-2-13(12-15)8-11-27-19-16-6-9-24-10-7-17(16)25-18(26-19)14-4-5-14/h1-3,12,14,24H,4-11H2. The molecule has 1 aliphatic heterocycles. The van der Waals surface area contributed by atoms with Crippen molar-refractivity contribution < 1.29 is 17.9 Å². The zero-order chi connectivity index (χ0) is 18.9. The molecule has 0 unspecified atom stereocenters. The van der Waals surface area contributed by atoms with E-state index >= 15 is 0 Å². The molecule has 2 aliphatic rings. The molecule has 27 heavy (non-hydrogen) atoms. The van der Waals surface area contributed by atoms with Gasteiger partial charge < -0.3 is 10.1 Å². The lowest BCUT2D eigenvalue weighted by atomic mass is 10.1. The second-order valence-electron chi connectivity index (χ2n) is 7.13. The van der Waals surface area contributed by atoms with E-state index in [1.54, 1.807) is 6.07 Å². The summed E-state index contributed by atoms with van der Waals surface area (Å²) in [6.45, 7) is 2.03. The third-order valence-electron chi connectivity index (χ3n) is 4.99. The van der Waals surface area contributed by atoms with E-state index in [1.807, 2.05) is 0 Å². The maximum atomic E-state index is 12.9. The molecule has 1 saturated carbocycles. The molecular formula is C20H22F3N3O. The van der Waals surface area contributed by atoms with Crippen molar-refractivity contribution in [2.45, 2.75) is 44.2 Å². The number of hydrogen-bond donors (Lipinski definition) is 1. The van der Waals surface area contributed by atoms with Gasteiger partial charge in [0.2, 0.25) is 5.88 Å². The average molecular weight is 377 g/mol. The van der Waals surface area contributed by atoms with Crippen LogP contribution in [0.4, 0.5) is 13.2 Å². The van der Waals surface area contributed by atoms with Gasteiger partial charge >= 0.3 is 6.18 Å². The van der Waals surface area contributed by atoms with Crippen LogP contribution in [0.3, 0.4) is 0 Å². The van der Waals surface area contributed by atoms with E-state index in [0.717, 1.165) is 61.9 Å². The SMILES string of the molecule is FC(F)(F)c1cccc(CCOc2nc(C3CC3)nc3c2CCNCC3)c1. The molecule has 0 atom stereocenters. The smallest absolute Gasteiger partial charge is 0.416 e. The molecule has 1 N–H and O–H groups in total. The van der Waals surface area contributed by atoms with E-state index < -0.39 is 11.7 Å². The Morgan fingerprint density at radius 3 is 2.70 bits per heavy atom. The number of aromatic nitrogens is 2. The van der Waals surface area contributed by atoms with Gasteiger partial charge in [0.05, 0.1) is 17.9 Å². The number of ether oxygens (including phenoxy) is 1. The summed E-state index contributed by atoms with van der Waals surface area (Å²) in [5.41, 5.74) is 2.06. The van der Waals surface area contributed by atoms with Gasteiger partial charge in [0.15, 0.2) is 0 Å². The first-order valence-corrected chi connectivity index (χ1v) is 9.40. The summed E-state index contributed by atoms with van der Waals surface area (Å²) in [6.07, 6.45) is -0.0468. The van der Waals surface area contributed by atoms with E-state index in [4.69, 9.17) is 9.72 Å². The summed E-state index contributed by atoms with van der Waals surface area (Å²) >= 11 is 0. The van der Waals surface area contributed by atoms with Gasteiger partial charge in [-0.05, 0) is 37.4 Å². The largest absolute Gasteiger partial charge is 0.477 e. The van der Waals surface area contributed by atoms with Crippen molar-refractivity contribution in [3.8, 4) is 5.88 Å². The van der Waals surface area contributed by atoms with Crippen LogP contribution in [0.5, 0.6) is 5.88 Å². The fourth-order valence-electron chi connectivity index (χ4n) is 3.34. The average Bonchev–Trinajstić information content (AvgIpc) is 3.48. The van der Waals surface area contributed by atoms with Crippen LogP contribution in [0.25, 0.3) is 0 Å². The third kappa shape index (κ3) is 4.40. The quantitative estimate of drug-likeness (QED) is 0.864. The Balaban J connectivity index is 1.49. The zero-order valence-electron chi connectivity index (χ0n) is 15.0. The van der Waals surface area contributed by atoms with E-state index in [0.29, 0.717) is 30.4 Å². The first-order chi connectivity index (χ1) is 13.0. The minimum absolute atomic E-state index is 0.294. The second-order valence-corrected chi connectivity index (χ2v) is 7.13. The van der Waals surface area contributed by atoms with E-state index in [9.17, 15) is 13.2 Å². The molecule has 2 aromatic rings. The Labute approximate surface area is 156 Å². The van der Waals surface area contributed by atoms with Crippen molar-refractivity contribution >= 4 is 0 Å². The Morgan fingerprint density at radius 1 is 1.11 bits per heavy atom. The zero-order valence-corrected chi connectivity index (χ0v) is 15.0. The Bertz CT molecular complexity index is 819. The normalized spacial score (nSPS) is 17.3. The van der Waals surface area contributed by atoms with Gasteiger partial charge in [-0.15, -0.1) is 0 Å². The van der Waals surface area contributed by atoms with Crippen molar-refractivity contribution in [2.24, 2.45) is 0 Å². The molecule has 1 aromatic heterocycles. The van der Waals surface area contributed by atoms with Gasteiger partial charge in [0.25, 0.3) is 0 Å². The van der Waals surface area contributed by atoms with Crippen LogP contribution in [0.15, 0.2) is 24.3 Å². The van der Waals surface area contributed by atoms with Crippen LogP contribution < -0.4 is 10.1 Å². The van der Waals surface area contributed by atoms with Crippen LogP contribution in [0.1, 0.15) is 47.0 Å². The highest BCUT2D eigenvalue weighted by molar-refractivity contribution is 5.34. The highest BCUT2D eigenvalue weighted by atomic mass is 19.4. The number of nitrogens with one attached hydrogen (secondary N) is 1. The van der Waals surface area contributed by atoms with E-state index in [2.05, 4.69) is 10.3 Å². The molecule has 7 heteroatoms. The maximum absolute atomic E-state index is 12.9. The number of fused-ring (bicyclic) bond motifs is 1. The molecule has 1 aliphatic carbocycles. The summed E-state index contributed by atoms with van der Waals surface area (Å²) in [6, 6.07) is 5.40. The highest BCUT2D eigenvalue weighted by Gasteiger charge is 2.31. The van der Waals surface area contributed by atoms with Crippen molar-refractivity contribution in [2.75, 3.05) is 19.7 Å². The summed E-state index contributed by atoms with van der Waals surface area (Å²) < 4.78 is 44.5. The molecule has 2 heterocycles. The lowest BCUT2D eigenvalue weighted by Crippen LogP contribution is -2.16. The fourth-order valence-corrected chi connectivity index (χ4v) is 3.34. The van der Waals surface area contributed by atoms with Gasteiger partial charge in [0.1, 0.15) is 5.82 Å². The number of nitrogens with zero attached hydrogens (tertiary/aromatic N) is 2. The number of benzene rings is 1. The molecule has 0 spiro atoms. The number of alkyl halides is 3. The summed E-state index contributed by atoms with van der Waals surface area (Å²) in [5, 5.41) is 3.36. The fraction of sp³-hybridized carbons (Fsp3) is 0.500. The van der Waals surface area contributed by atoms with Crippen molar-refractivity contribution in [1.82, 2.24) is 15.3 Å². The number of rotatable bonds is 5. The Hall–Kier alpha value is -2.15. The lowest BCUT2D eigenvalue weighted by Gasteiger charge is -2.14. The molecule has 1 fully saturated rings. The predicted octanol–water partition coefficient (Wildman–Crippen LogP) is 3.68. The summed E-state index contributed by atoms with van der Waals surface area (Å²) in [5.74, 6) is 1.89. The van der Waals surface area contributed by atoms with Gasteiger partial charge in [0, 0.05) is 30.9 Å². The second kappa shape index (κ2) is 7.46. The maximum Gasteiger partial charge on any atom is 0.416 e. The van der Waals surface area contributed by atoms with Gasteiger partial charge in [-0.2, -0.15) is 18.2 Å². The first kappa shape index (κ1) is 18.2. The lowest BCUT2D eigenvalue weighted by molar-refractivity contribution is -0.137. The van der Waals surface area contributed by atoms with Crippen LogP contribution in [-0.4, -0.2) is 29.7 Å². The third-order valence-corrected chi connectivity index (χ3v) is 4.99. The Kier molecular flexibility index (Phi) is 5.04. The van der Waals surface area contributed by atoms with Crippen LogP contribution in [0.2, 0.25) is 0 Å². The van der Waals surface area contributed by atoms with E-state index in [-0.39, 0.29) is 0 Å². The van der Waals surface area contributed by atoms with Crippen molar-refractivity contribution in [3.63, 3.8) is 0 Å². The molecule has 1 aromatic carbocycles. The molecular weight excluding hydrogens is 355 g/mol. The van der Waals surface area contributed by atoms with Gasteiger partial charge in [-0.1, -0.05) is 18.2 Å². The molecule has 144 valence electrons. The topological polar surface area (TPSA) is 47.0 Å². The van der Waals surface area contributed by atoms with Gasteiger partial charge in [-0.3, -0.25) is 0 Å². The molecule has 0 bridgehead atoms. The van der Waals surface area contributed by atoms with E-state index in [1.165, 1.54) is 12.1 Å². The molecule has 4 nitrogen and oxygen atoms in total. The predicted molar refractivity (Wildman–Crippen MR) is 94.9 cm³/mol. The Morgan fingerprint density at radius 2 is 1.93 bits per heavy atom. The monoisotopic (exact) mass is 377 g/mol. The molecule has 0 amide bonds. The first-order valence-electron chi connectivity index (χ1n) is 9.40. The minimum atomic E-state index is -4.33. The molecule has 0 saturated heterocycles. The van der Waals surface area contributed by atoms with Crippen LogP contribution in [0, 0.1) is 0 Å². The summed E-state index contributed by atoms with van der Waals surface area (Å²) in [4.78, 5) is 9.38. The van der Waals surface area contributed by atoms with Crippen LogP contribution in [-0.2, 0) is 25.4 Å². The number of hydrogen-bond acceptors (Lipinski definition) is 4.